The van der Waals surface area contributed by atoms with Crippen LogP contribution in [0.5, 0.6) is 0 Å². The molecular formula is C13H24N2. The first-order valence-corrected chi connectivity index (χ1v) is 6.29. The highest BCUT2D eigenvalue weighted by Crippen LogP contribution is 2.41. The van der Waals surface area contributed by atoms with Crippen LogP contribution in [0, 0.1) is 5.92 Å². The van der Waals surface area contributed by atoms with Crippen molar-refractivity contribution >= 4 is 0 Å². The first kappa shape index (κ1) is 11.2. The molecule has 0 bridgehead atoms. The number of hydrogen-bond donors (Lipinski definition) is 1. The summed E-state index contributed by atoms with van der Waals surface area (Å²) in [5, 5.41) is 3.77. The number of piperazine rings is 1. The topological polar surface area (TPSA) is 15.3 Å². The Morgan fingerprint density at radius 2 is 2.27 bits per heavy atom. The van der Waals surface area contributed by atoms with Gasteiger partial charge in [0.2, 0.25) is 0 Å². The van der Waals surface area contributed by atoms with Crippen molar-refractivity contribution in [3.05, 3.63) is 12.7 Å². The van der Waals surface area contributed by atoms with Crippen molar-refractivity contribution in [2.75, 3.05) is 19.6 Å². The molecule has 2 fully saturated rings. The van der Waals surface area contributed by atoms with E-state index < -0.39 is 0 Å². The van der Waals surface area contributed by atoms with Crippen LogP contribution in [-0.4, -0.2) is 36.1 Å². The van der Waals surface area contributed by atoms with Gasteiger partial charge in [0.25, 0.3) is 0 Å². The molecule has 1 aliphatic carbocycles. The van der Waals surface area contributed by atoms with E-state index in [0.717, 1.165) is 19.0 Å². The first-order valence-electron chi connectivity index (χ1n) is 6.29. The second-order valence-electron chi connectivity index (χ2n) is 5.35. The van der Waals surface area contributed by atoms with Gasteiger partial charge in [0.15, 0.2) is 0 Å². The van der Waals surface area contributed by atoms with E-state index in [1.54, 1.807) is 0 Å². The molecule has 15 heavy (non-hydrogen) atoms. The SMILES string of the molecule is C=CCN1CC(C)(C2CC2)NCC1CC. The average Bonchev–Trinajstić information content (AvgIpc) is 3.02. The van der Waals surface area contributed by atoms with Gasteiger partial charge in [-0.05, 0) is 32.1 Å². The lowest BCUT2D eigenvalue weighted by Gasteiger charge is -2.46. The van der Waals surface area contributed by atoms with Gasteiger partial charge in [-0.25, -0.2) is 0 Å². The number of hydrogen-bond acceptors (Lipinski definition) is 2. The molecule has 2 unspecified atom stereocenters. The lowest BCUT2D eigenvalue weighted by molar-refractivity contribution is 0.0835. The van der Waals surface area contributed by atoms with Gasteiger partial charge in [0.05, 0.1) is 0 Å². The van der Waals surface area contributed by atoms with Crippen LogP contribution in [-0.2, 0) is 0 Å². The van der Waals surface area contributed by atoms with E-state index >= 15 is 0 Å². The summed E-state index contributed by atoms with van der Waals surface area (Å²) in [6.45, 7) is 11.9. The largest absolute Gasteiger partial charge is 0.308 e. The lowest BCUT2D eigenvalue weighted by Crippen LogP contribution is -2.63. The smallest absolute Gasteiger partial charge is 0.0309 e. The predicted octanol–water partition coefficient (Wildman–Crippen LogP) is 2.02. The quantitative estimate of drug-likeness (QED) is 0.711. The minimum atomic E-state index is 0.370. The van der Waals surface area contributed by atoms with Gasteiger partial charge in [-0.1, -0.05) is 13.0 Å². The maximum atomic E-state index is 3.87. The van der Waals surface area contributed by atoms with E-state index in [0.29, 0.717) is 11.6 Å². The van der Waals surface area contributed by atoms with E-state index in [4.69, 9.17) is 0 Å². The Labute approximate surface area is 93.7 Å². The van der Waals surface area contributed by atoms with Crippen molar-refractivity contribution in [1.29, 1.82) is 0 Å². The third-order valence-electron chi connectivity index (χ3n) is 4.10. The van der Waals surface area contributed by atoms with Crippen LogP contribution in [0.4, 0.5) is 0 Å². The summed E-state index contributed by atoms with van der Waals surface area (Å²) in [5.41, 5.74) is 0.370. The van der Waals surface area contributed by atoms with Gasteiger partial charge in [0.1, 0.15) is 0 Å². The molecule has 1 saturated carbocycles. The maximum Gasteiger partial charge on any atom is 0.0309 e. The molecule has 1 aliphatic heterocycles. The van der Waals surface area contributed by atoms with Crippen LogP contribution in [0.1, 0.15) is 33.1 Å². The zero-order chi connectivity index (χ0) is 10.9. The third kappa shape index (κ3) is 2.26. The molecule has 0 aromatic heterocycles. The van der Waals surface area contributed by atoms with Crippen molar-refractivity contribution < 1.29 is 0 Å². The number of nitrogens with zero attached hydrogens (tertiary/aromatic N) is 1. The Kier molecular flexibility index (Phi) is 3.17. The van der Waals surface area contributed by atoms with Gasteiger partial charge in [-0.15, -0.1) is 6.58 Å². The van der Waals surface area contributed by atoms with Gasteiger partial charge in [-0.2, -0.15) is 0 Å². The Morgan fingerprint density at radius 3 is 2.80 bits per heavy atom. The molecule has 2 heteroatoms. The van der Waals surface area contributed by atoms with Crippen LogP contribution < -0.4 is 5.32 Å². The van der Waals surface area contributed by atoms with Crippen molar-refractivity contribution in [2.24, 2.45) is 5.92 Å². The van der Waals surface area contributed by atoms with E-state index in [2.05, 4.69) is 30.6 Å². The molecule has 2 aliphatic rings. The van der Waals surface area contributed by atoms with E-state index in [-0.39, 0.29) is 0 Å². The van der Waals surface area contributed by atoms with E-state index in [1.807, 2.05) is 6.08 Å². The third-order valence-corrected chi connectivity index (χ3v) is 4.10. The molecule has 86 valence electrons. The van der Waals surface area contributed by atoms with Crippen molar-refractivity contribution in [2.45, 2.75) is 44.7 Å². The number of rotatable bonds is 4. The molecule has 0 aromatic carbocycles. The zero-order valence-corrected chi connectivity index (χ0v) is 10.1. The summed E-state index contributed by atoms with van der Waals surface area (Å²) in [7, 11) is 0. The predicted molar refractivity (Wildman–Crippen MR) is 65.0 cm³/mol. The second-order valence-corrected chi connectivity index (χ2v) is 5.35. The maximum absolute atomic E-state index is 3.87. The number of nitrogens with one attached hydrogen (secondary N) is 1. The average molecular weight is 208 g/mol. The summed E-state index contributed by atoms with van der Waals surface area (Å²) in [5.74, 6) is 0.919. The van der Waals surface area contributed by atoms with Crippen LogP contribution >= 0.6 is 0 Å². The Bertz CT molecular complexity index is 235. The van der Waals surface area contributed by atoms with Crippen molar-refractivity contribution in [3.63, 3.8) is 0 Å². The zero-order valence-electron chi connectivity index (χ0n) is 10.1. The molecule has 0 amide bonds. The highest BCUT2D eigenvalue weighted by atomic mass is 15.3. The molecular weight excluding hydrogens is 184 g/mol. The van der Waals surface area contributed by atoms with E-state index in [9.17, 15) is 0 Å². The molecule has 0 spiro atoms. The van der Waals surface area contributed by atoms with Crippen LogP contribution in [0.3, 0.4) is 0 Å². The van der Waals surface area contributed by atoms with Gasteiger partial charge < -0.3 is 5.32 Å². The molecule has 2 atom stereocenters. The molecule has 1 heterocycles. The highest BCUT2D eigenvalue weighted by Gasteiger charge is 2.45. The van der Waals surface area contributed by atoms with Crippen LogP contribution in [0.25, 0.3) is 0 Å². The normalized spacial score (nSPS) is 37.9. The minimum Gasteiger partial charge on any atom is -0.308 e. The van der Waals surface area contributed by atoms with Gasteiger partial charge >= 0.3 is 0 Å². The Balaban J connectivity index is 2.00. The lowest BCUT2D eigenvalue weighted by atomic mass is 9.90. The fourth-order valence-electron chi connectivity index (χ4n) is 2.86. The molecule has 2 nitrogen and oxygen atoms in total. The summed E-state index contributed by atoms with van der Waals surface area (Å²) >= 11 is 0. The van der Waals surface area contributed by atoms with Crippen LogP contribution in [0.15, 0.2) is 12.7 Å². The Hall–Kier alpha value is -0.340. The molecule has 0 radical (unpaired) electrons. The fraction of sp³-hybridized carbons (Fsp3) is 0.846. The van der Waals surface area contributed by atoms with Crippen molar-refractivity contribution in [3.8, 4) is 0 Å². The summed E-state index contributed by atoms with van der Waals surface area (Å²) in [6, 6.07) is 0.704. The highest BCUT2D eigenvalue weighted by molar-refractivity contribution is 5.04. The van der Waals surface area contributed by atoms with Gasteiger partial charge in [0, 0.05) is 31.2 Å². The molecule has 2 rings (SSSR count). The minimum absolute atomic E-state index is 0.370. The molecule has 1 saturated heterocycles. The molecule has 0 aromatic rings. The second kappa shape index (κ2) is 4.26. The van der Waals surface area contributed by atoms with Crippen LogP contribution in [0.2, 0.25) is 0 Å². The first-order chi connectivity index (χ1) is 7.19. The van der Waals surface area contributed by atoms with Crippen molar-refractivity contribution in [1.82, 2.24) is 10.2 Å². The fourth-order valence-corrected chi connectivity index (χ4v) is 2.86. The standard InChI is InChI=1S/C13H24N2/c1-4-8-15-10-13(3,11-6-7-11)14-9-12(15)5-2/h4,11-12,14H,1,5-10H2,2-3H3. The van der Waals surface area contributed by atoms with Gasteiger partial charge in [-0.3, -0.25) is 4.90 Å². The summed E-state index contributed by atoms with van der Waals surface area (Å²) in [6.07, 6.45) is 6.12. The molecule has 1 N–H and O–H groups in total. The summed E-state index contributed by atoms with van der Waals surface area (Å²) < 4.78 is 0. The van der Waals surface area contributed by atoms with E-state index in [1.165, 1.54) is 25.8 Å². The Morgan fingerprint density at radius 1 is 1.53 bits per heavy atom. The monoisotopic (exact) mass is 208 g/mol. The summed E-state index contributed by atoms with van der Waals surface area (Å²) in [4.78, 5) is 2.60.